The molecule has 0 saturated carbocycles. The van der Waals surface area contributed by atoms with Gasteiger partial charge in [0.15, 0.2) is 17.2 Å². The summed E-state index contributed by atoms with van der Waals surface area (Å²) >= 11 is 0. The third-order valence-corrected chi connectivity index (χ3v) is 3.33. The Bertz CT molecular complexity index is 776. The number of amides is 1. The Morgan fingerprint density at radius 3 is 2.04 bits per heavy atom. The molecule has 0 aliphatic rings. The number of carboxylic acid groups (broad SMARTS) is 1. The van der Waals surface area contributed by atoms with Gasteiger partial charge in [-0.3, -0.25) is 4.79 Å². The lowest BCUT2D eigenvalue weighted by Gasteiger charge is -2.14. The van der Waals surface area contributed by atoms with Crippen molar-refractivity contribution in [3.05, 3.63) is 41.5 Å². The van der Waals surface area contributed by atoms with Crippen LogP contribution in [0, 0.1) is 0 Å². The Labute approximate surface area is 143 Å². The summed E-state index contributed by atoms with van der Waals surface area (Å²) in [5.41, 5.74) is 0.436. The first kappa shape index (κ1) is 18.0. The fourth-order valence-electron chi connectivity index (χ4n) is 2.05. The fourth-order valence-corrected chi connectivity index (χ4v) is 2.05. The van der Waals surface area contributed by atoms with Crippen molar-refractivity contribution in [2.75, 3.05) is 21.3 Å². The number of carbonyl (C=O) groups excluding carboxylic acids is 1. The van der Waals surface area contributed by atoms with Crippen LogP contribution in [0.25, 0.3) is 0 Å². The molecule has 0 unspecified atom stereocenters. The Hall–Kier alpha value is -3.36. The highest BCUT2D eigenvalue weighted by Crippen LogP contribution is 2.34. The molecule has 0 aliphatic heterocycles. The zero-order valence-electron chi connectivity index (χ0n) is 13.9. The molecule has 0 fully saturated rings. The van der Waals surface area contributed by atoms with Crippen LogP contribution >= 0.6 is 0 Å². The second-order valence-corrected chi connectivity index (χ2v) is 4.79. The average molecular weight is 347 g/mol. The predicted molar refractivity (Wildman–Crippen MR) is 86.3 cm³/mol. The quantitative estimate of drug-likeness (QED) is 0.765. The van der Waals surface area contributed by atoms with Crippen LogP contribution in [0.4, 0.5) is 0 Å². The van der Waals surface area contributed by atoms with Crippen LogP contribution in [-0.4, -0.2) is 48.3 Å². The fraction of sp³-hybridized carbons (Fsp3) is 0.250. The molecule has 9 heteroatoms. The van der Waals surface area contributed by atoms with Gasteiger partial charge in [-0.05, 0) is 6.07 Å². The van der Waals surface area contributed by atoms with E-state index in [2.05, 4.69) is 15.3 Å². The van der Waals surface area contributed by atoms with Crippen molar-refractivity contribution in [3.63, 3.8) is 0 Å². The predicted octanol–water partition coefficient (Wildman–Crippen LogP) is 1.13. The smallest absolute Gasteiger partial charge is 0.356 e. The summed E-state index contributed by atoms with van der Waals surface area (Å²) in [5, 5.41) is 11.4. The van der Waals surface area contributed by atoms with Gasteiger partial charge in [0.1, 0.15) is 11.4 Å². The summed E-state index contributed by atoms with van der Waals surface area (Å²) in [7, 11) is 4.52. The number of rotatable bonds is 7. The highest BCUT2D eigenvalue weighted by molar-refractivity contribution is 5.92. The van der Waals surface area contributed by atoms with E-state index < -0.39 is 11.9 Å². The Morgan fingerprint density at radius 2 is 1.52 bits per heavy atom. The maximum Gasteiger partial charge on any atom is 0.356 e. The first-order valence-electron chi connectivity index (χ1n) is 7.12. The molecule has 132 valence electrons. The number of nitrogens with zero attached hydrogens (tertiary/aromatic N) is 2. The molecule has 0 aliphatic carbocycles. The molecule has 0 spiro atoms. The van der Waals surface area contributed by atoms with Crippen molar-refractivity contribution in [2.45, 2.75) is 6.54 Å². The average Bonchev–Trinajstić information content (AvgIpc) is 2.65. The largest absolute Gasteiger partial charge is 0.496 e. The van der Waals surface area contributed by atoms with E-state index in [0.717, 1.165) is 12.4 Å². The molecular formula is C16H17N3O6. The summed E-state index contributed by atoms with van der Waals surface area (Å²) in [6, 6.07) is 3.35. The van der Waals surface area contributed by atoms with Crippen molar-refractivity contribution in [2.24, 2.45) is 0 Å². The molecule has 0 saturated heterocycles. The zero-order valence-corrected chi connectivity index (χ0v) is 13.9. The van der Waals surface area contributed by atoms with Gasteiger partial charge in [-0.2, -0.15) is 0 Å². The highest BCUT2D eigenvalue weighted by Gasteiger charge is 2.14. The molecule has 0 bridgehead atoms. The number of hydrogen-bond acceptors (Lipinski definition) is 7. The van der Waals surface area contributed by atoms with Gasteiger partial charge in [0.05, 0.1) is 33.7 Å². The van der Waals surface area contributed by atoms with E-state index in [4.69, 9.17) is 19.3 Å². The van der Waals surface area contributed by atoms with Crippen molar-refractivity contribution in [3.8, 4) is 17.2 Å². The summed E-state index contributed by atoms with van der Waals surface area (Å²) in [6.45, 7) is 0.144. The Morgan fingerprint density at radius 1 is 0.960 bits per heavy atom. The van der Waals surface area contributed by atoms with Gasteiger partial charge in [0, 0.05) is 18.2 Å². The van der Waals surface area contributed by atoms with Crippen molar-refractivity contribution in [1.82, 2.24) is 15.3 Å². The molecule has 1 aromatic carbocycles. The van der Waals surface area contributed by atoms with Gasteiger partial charge in [-0.15, -0.1) is 0 Å². The molecule has 1 amide bonds. The highest BCUT2D eigenvalue weighted by atomic mass is 16.5. The van der Waals surface area contributed by atoms with Crippen LogP contribution in [-0.2, 0) is 6.54 Å². The second kappa shape index (κ2) is 7.95. The van der Waals surface area contributed by atoms with Crippen LogP contribution in [0.1, 0.15) is 26.5 Å². The van der Waals surface area contributed by atoms with E-state index in [-0.39, 0.29) is 17.9 Å². The summed E-state index contributed by atoms with van der Waals surface area (Å²) in [6.07, 6.45) is 2.12. The molecule has 0 atom stereocenters. The first-order valence-corrected chi connectivity index (χ1v) is 7.12. The van der Waals surface area contributed by atoms with Gasteiger partial charge in [-0.1, -0.05) is 0 Å². The molecule has 25 heavy (non-hydrogen) atoms. The van der Waals surface area contributed by atoms with E-state index in [1.165, 1.54) is 21.3 Å². The lowest BCUT2D eigenvalue weighted by molar-refractivity contribution is 0.0689. The number of aromatic carboxylic acids is 1. The van der Waals surface area contributed by atoms with Crippen molar-refractivity contribution >= 4 is 11.9 Å². The molecule has 1 heterocycles. The standard InChI is InChI=1S/C16H17N3O6/c1-23-12-5-14(25-3)13(24-2)4-9(12)6-19-15(20)10-7-18-11(8-17-10)16(21)22/h4-5,7-8H,6H2,1-3H3,(H,19,20)(H,21,22). The first-order chi connectivity index (χ1) is 12.0. The van der Waals surface area contributed by atoms with Gasteiger partial charge < -0.3 is 24.6 Å². The maximum absolute atomic E-state index is 12.1. The minimum Gasteiger partial charge on any atom is -0.496 e. The van der Waals surface area contributed by atoms with Gasteiger partial charge >= 0.3 is 5.97 Å². The normalized spacial score (nSPS) is 10.0. The number of nitrogens with one attached hydrogen (secondary N) is 1. The molecule has 2 rings (SSSR count). The van der Waals surface area contributed by atoms with Crippen LogP contribution in [0.5, 0.6) is 17.2 Å². The topological polar surface area (TPSA) is 120 Å². The molecule has 2 N–H and O–H groups in total. The van der Waals surface area contributed by atoms with Crippen LogP contribution < -0.4 is 19.5 Å². The SMILES string of the molecule is COc1cc(OC)c(OC)cc1CNC(=O)c1cnc(C(=O)O)cn1. The number of ether oxygens (including phenoxy) is 3. The number of benzene rings is 1. The van der Waals surface area contributed by atoms with E-state index in [0.29, 0.717) is 22.8 Å². The lowest BCUT2D eigenvalue weighted by atomic mass is 10.1. The molecule has 2 aromatic rings. The van der Waals surface area contributed by atoms with Crippen molar-refractivity contribution in [1.29, 1.82) is 0 Å². The van der Waals surface area contributed by atoms with E-state index in [9.17, 15) is 9.59 Å². The Balaban J connectivity index is 2.14. The lowest BCUT2D eigenvalue weighted by Crippen LogP contribution is -2.24. The van der Waals surface area contributed by atoms with E-state index in [1.807, 2.05) is 0 Å². The number of hydrogen-bond donors (Lipinski definition) is 2. The molecular weight excluding hydrogens is 330 g/mol. The number of methoxy groups -OCH3 is 3. The third-order valence-electron chi connectivity index (χ3n) is 3.33. The molecule has 0 radical (unpaired) electrons. The minimum atomic E-state index is -1.21. The second-order valence-electron chi connectivity index (χ2n) is 4.79. The van der Waals surface area contributed by atoms with Gasteiger partial charge in [0.25, 0.3) is 5.91 Å². The monoisotopic (exact) mass is 347 g/mol. The van der Waals surface area contributed by atoms with Gasteiger partial charge in [-0.25, -0.2) is 14.8 Å². The van der Waals surface area contributed by atoms with Crippen LogP contribution in [0.15, 0.2) is 24.5 Å². The molecule has 9 nitrogen and oxygen atoms in total. The van der Waals surface area contributed by atoms with Crippen molar-refractivity contribution < 1.29 is 28.9 Å². The van der Waals surface area contributed by atoms with Crippen LogP contribution in [0.3, 0.4) is 0 Å². The summed E-state index contributed by atoms with van der Waals surface area (Å²) < 4.78 is 15.7. The number of aromatic nitrogens is 2. The number of carboxylic acids is 1. The maximum atomic E-state index is 12.1. The summed E-state index contributed by atoms with van der Waals surface area (Å²) in [4.78, 5) is 30.3. The zero-order chi connectivity index (χ0) is 18.4. The molecule has 1 aromatic heterocycles. The third kappa shape index (κ3) is 4.14. The Kier molecular flexibility index (Phi) is 5.72. The summed E-state index contributed by atoms with van der Waals surface area (Å²) in [5.74, 6) is -0.191. The van der Waals surface area contributed by atoms with Gasteiger partial charge in [0.2, 0.25) is 0 Å². The van der Waals surface area contributed by atoms with E-state index >= 15 is 0 Å². The van der Waals surface area contributed by atoms with Crippen LogP contribution in [0.2, 0.25) is 0 Å². The number of carbonyl (C=O) groups is 2. The minimum absolute atomic E-state index is 0.00411. The van der Waals surface area contributed by atoms with E-state index in [1.54, 1.807) is 12.1 Å².